The Hall–Kier alpha value is -1.36. The molecule has 8 atom stereocenters. The number of hydrogen-bond acceptors (Lipinski definition) is 3. The summed E-state index contributed by atoms with van der Waals surface area (Å²) in [6.07, 6.45) is 15.6. The van der Waals surface area contributed by atoms with Crippen molar-refractivity contribution in [2.45, 2.75) is 123 Å². The number of fused-ring (bicyclic) bond motifs is 5. The normalized spacial score (nSPS) is 38.2. The van der Waals surface area contributed by atoms with Crippen molar-refractivity contribution in [1.29, 1.82) is 0 Å². The van der Waals surface area contributed by atoms with Crippen molar-refractivity contribution < 1.29 is 8.42 Å². The molecule has 0 radical (unpaired) electrons. The molecule has 0 bridgehead atoms. The van der Waals surface area contributed by atoms with Crippen LogP contribution in [0.5, 0.6) is 0 Å². The van der Waals surface area contributed by atoms with Gasteiger partial charge in [0.2, 0.25) is 0 Å². The molecule has 4 fully saturated rings. The zero-order valence-corrected chi connectivity index (χ0v) is 26.3. The summed E-state index contributed by atoms with van der Waals surface area (Å²) in [6.45, 7) is 14.5. The lowest BCUT2D eigenvalue weighted by Crippen LogP contribution is -2.53. The summed E-state index contributed by atoms with van der Waals surface area (Å²) >= 11 is 0. The standard InChI is InChI=1S/C34H54N2O2S/c1-23(2)8-7-9-25(4)30-16-17-31-29-15-12-26-22-27(18-20-33(26,5)32(29)19-21-34(30,31)6)35-36-39(37,38)28-13-10-24(3)11-14-28/h10-11,13-14,23,25-26,29-32,36H,7-9,12,15-22H2,1-6H3/b35-27+/t25-,26-,29-,30+,31-,32-,33-,34+/m0/s1. The number of benzene rings is 1. The molecule has 0 amide bonds. The number of hydrazone groups is 1. The van der Waals surface area contributed by atoms with Crippen molar-refractivity contribution in [3.05, 3.63) is 29.8 Å². The van der Waals surface area contributed by atoms with Crippen molar-refractivity contribution in [1.82, 2.24) is 4.83 Å². The summed E-state index contributed by atoms with van der Waals surface area (Å²) in [6, 6.07) is 6.99. The molecule has 1 aromatic rings. The Kier molecular flexibility index (Phi) is 8.32. The molecule has 5 heteroatoms. The maximum absolute atomic E-state index is 12.8. The summed E-state index contributed by atoms with van der Waals surface area (Å²) in [7, 11) is -3.62. The van der Waals surface area contributed by atoms with E-state index in [0.29, 0.717) is 16.7 Å². The highest BCUT2D eigenvalue weighted by molar-refractivity contribution is 7.89. The molecule has 39 heavy (non-hydrogen) atoms. The number of nitrogens with zero attached hydrogens (tertiary/aromatic N) is 1. The molecule has 4 aliphatic carbocycles. The van der Waals surface area contributed by atoms with Crippen LogP contribution in [0.1, 0.15) is 117 Å². The van der Waals surface area contributed by atoms with Crippen LogP contribution in [0.15, 0.2) is 34.3 Å². The van der Waals surface area contributed by atoms with E-state index in [0.717, 1.165) is 66.0 Å². The van der Waals surface area contributed by atoms with Crippen LogP contribution in [0.3, 0.4) is 0 Å². The molecule has 0 saturated heterocycles. The van der Waals surface area contributed by atoms with Crippen LogP contribution in [0.25, 0.3) is 0 Å². The van der Waals surface area contributed by atoms with Crippen molar-refractivity contribution in [2.24, 2.45) is 57.4 Å². The second-order valence-electron chi connectivity index (χ2n) is 15.0. The first-order valence-corrected chi connectivity index (χ1v) is 17.6. The summed E-state index contributed by atoms with van der Waals surface area (Å²) in [5.74, 6) is 5.85. The first-order valence-electron chi connectivity index (χ1n) is 16.1. The van der Waals surface area contributed by atoms with Gasteiger partial charge in [-0.05, 0) is 129 Å². The largest absolute Gasteiger partial charge is 0.276 e. The molecule has 0 unspecified atom stereocenters. The Balaban J connectivity index is 1.23. The van der Waals surface area contributed by atoms with Crippen molar-refractivity contribution in [3.8, 4) is 0 Å². The zero-order valence-electron chi connectivity index (χ0n) is 25.5. The van der Waals surface area contributed by atoms with Gasteiger partial charge in [0.1, 0.15) is 0 Å². The molecule has 1 N–H and O–H groups in total. The van der Waals surface area contributed by atoms with Crippen molar-refractivity contribution >= 4 is 15.7 Å². The van der Waals surface area contributed by atoms with Gasteiger partial charge in [-0.25, -0.2) is 4.83 Å². The van der Waals surface area contributed by atoms with Crippen LogP contribution in [-0.2, 0) is 10.0 Å². The maximum atomic E-state index is 12.8. The van der Waals surface area contributed by atoms with Crippen LogP contribution in [-0.4, -0.2) is 14.1 Å². The minimum atomic E-state index is -3.62. The van der Waals surface area contributed by atoms with Gasteiger partial charge in [-0.2, -0.15) is 13.5 Å². The SMILES string of the molecule is Cc1ccc(S(=O)(=O)N/N=C2\CC[C@@]3(C)[C@@H](CC[C@@H]4[C@@H]3CC[C@]3(C)[C@@H]([C@@H](C)CCCC(C)C)CC[C@@H]43)C2)cc1. The zero-order chi connectivity index (χ0) is 28.0. The van der Waals surface area contributed by atoms with Gasteiger partial charge in [-0.15, -0.1) is 0 Å². The second-order valence-corrected chi connectivity index (χ2v) is 16.6. The Labute approximate surface area is 239 Å². The van der Waals surface area contributed by atoms with Crippen LogP contribution in [0, 0.1) is 59.2 Å². The fourth-order valence-corrected chi connectivity index (χ4v) is 10.9. The van der Waals surface area contributed by atoms with Gasteiger partial charge in [0.25, 0.3) is 10.0 Å². The van der Waals surface area contributed by atoms with E-state index >= 15 is 0 Å². The number of nitrogens with one attached hydrogen (secondary N) is 1. The number of rotatable bonds is 8. The van der Waals surface area contributed by atoms with Crippen LogP contribution in [0.2, 0.25) is 0 Å². The Morgan fingerprint density at radius 2 is 1.64 bits per heavy atom. The molecule has 4 nitrogen and oxygen atoms in total. The predicted octanol–water partition coefficient (Wildman–Crippen LogP) is 8.75. The van der Waals surface area contributed by atoms with Crippen molar-refractivity contribution in [3.63, 3.8) is 0 Å². The number of sulfonamides is 1. The van der Waals surface area contributed by atoms with Gasteiger partial charge in [0.15, 0.2) is 0 Å². The Morgan fingerprint density at radius 3 is 2.36 bits per heavy atom. The summed E-state index contributed by atoms with van der Waals surface area (Å²) in [5.41, 5.74) is 3.01. The minimum Gasteiger partial charge on any atom is -0.200 e. The molecule has 0 aliphatic heterocycles. The molecule has 4 aliphatic rings. The van der Waals surface area contributed by atoms with E-state index in [1.165, 1.54) is 57.8 Å². The Morgan fingerprint density at radius 1 is 0.923 bits per heavy atom. The van der Waals surface area contributed by atoms with E-state index < -0.39 is 10.0 Å². The lowest BCUT2D eigenvalue weighted by Gasteiger charge is -2.61. The molecular weight excluding hydrogens is 500 g/mol. The van der Waals surface area contributed by atoms with Crippen LogP contribution < -0.4 is 4.83 Å². The van der Waals surface area contributed by atoms with E-state index in [-0.39, 0.29) is 4.90 Å². The summed E-state index contributed by atoms with van der Waals surface area (Å²) in [4.78, 5) is 2.85. The molecule has 0 heterocycles. The molecule has 1 aromatic carbocycles. The lowest BCUT2D eigenvalue weighted by molar-refractivity contribution is -0.105. The molecule has 218 valence electrons. The highest BCUT2D eigenvalue weighted by Crippen LogP contribution is 2.68. The van der Waals surface area contributed by atoms with Gasteiger partial charge in [0, 0.05) is 5.71 Å². The molecule has 4 saturated carbocycles. The third kappa shape index (κ3) is 5.60. The van der Waals surface area contributed by atoms with E-state index in [2.05, 4.69) is 44.6 Å². The summed E-state index contributed by atoms with van der Waals surface area (Å²) < 4.78 is 25.6. The number of aryl methyl sites for hydroxylation is 1. The molecule has 0 aromatic heterocycles. The Bertz CT molecular complexity index is 1140. The minimum absolute atomic E-state index is 0.285. The first kappa shape index (κ1) is 29.1. The third-order valence-corrected chi connectivity index (χ3v) is 13.6. The fraction of sp³-hybridized carbons (Fsp3) is 0.794. The first-order chi connectivity index (χ1) is 18.4. The highest BCUT2D eigenvalue weighted by atomic mass is 32.2. The number of hydrogen-bond donors (Lipinski definition) is 1. The second kappa shape index (κ2) is 11.1. The van der Waals surface area contributed by atoms with Gasteiger partial charge in [-0.3, -0.25) is 0 Å². The smallest absolute Gasteiger partial charge is 0.200 e. The molecular formula is C34H54N2O2S. The van der Waals surface area contributed by atoms with Gasteiger partial charge in [0.05, 0.1) is 4.90 Å². The van der Waals surface area contributed by atoms with Crippen LogP contribution >= 0.6 is 0 Å². The highest BCUT2D eigenvalue weighted by Gasteiger charge is 2.60. The molecule has 0 spiro atoms. The molecule has 5 rings (SSSR count). The average molecular weight is 555 g/mol. The van der Waals surface area contributed by atoms with Gasteiger partial charge < -0.3 is 0 Å². The fourth-order valence-electron chi connectivity index (χ4n) is 10.1. The van der Waals surface area contributed by atoms with Crippen molar-refractivity contribution in [2.75, 3.05) is 0 Å². The third-order valence-electron chi connectivity index (χ3n) is 12.4. The van der Waals surface area contributed by atoms with Gasteiger partial charge in [-0.1, -0.05) is 71.6 Å². The quantitative estimate of drug-likeness (QED) is 0.327. The van der Waals surface area contributed by atoms with Gasteiger partial charge >= 0.3 is 0 Å². The monoisotopic (exact) mass is 554 g/mol. The summed E-state index contributed by atoms with van der Waals surface area (Å²) in [5, 5.41) is 4.49. The average Bonchev–Trinajstić information content (AvgIpc) is 3.25. The van der Waals surface area contributed by atoms with E-state index in [1.54, 1.807) is 12.1 Å². The lowest BCUT2D eigenvalue weighted by atomic mass is 9.44. The van der Waals surface area contributed by atoms with E-state index in [4.69, 9.17) is 0 Å². The van der Waals surface area contributed by atoms with E-state index in [9.17, 15) is 8.42 Å². The topological polar surface area (TPSA) is 58.5 Å². The maximum Gasteiger partial charge on any atom is 0.276 e. The predicted molar refractivity (Wildman–Crippen MR) is 162 cm³/mol. The van der Waals surface area contributed by atoms with Crippen LogP contribution in [0.4, 0.5) is 0 Å². The van der Waals surface area contributed by atoms with E-state index in [1.807, 2.05) is 19.1 Å².